The van der Waals surface area contributed by atoms with Gasteiger partial charge in [0.05, 0.1) is 6.04 Å². The Morgan fingerprint density at radius 3 is 2.48 bits per heavy atom. The Morgan fingerprint density at radius 1 is 1.19 bits per heavy atom. The van der Waals surface area contributed by atoms with E-state index >= 15 is 0 Å². The first kappa shape index (κ1) is 20.2. The molecule has 1 fully saturated rings. The average molecular weight is 400 g/mol. The number of nitrogens with one attached hydrogen (secondary N) is 1. The van der Waals surface area contributed by atoms with Gasteiger partial charge in [-0.15, -0.1) is 0 Å². The average Bonchev–Trinajstić information content (AvgIpc) is 2.91. The van der Waals surface area contributed by atoms with Gasteiger partial charge in [-0.05, 0) is 52.6 Å². The second-order valence-corrected chi connectivity index (χ2v) is 7.98. The van der Waals surface area contributed by atoms with Crippen LogP contribution in [0.3, 0.4) is 0 Å². The van der Waals surface area contributed by atoms with Crippen molar-refractivity contribution >= 4 is 30.3 Å². The van der Waals surface area contributed by atoms with Crippen molar-refractivity contribution in [1.82, 2.24) is 4.67 Å². The fourth-order valence-corrected chi connectivity index (χ4v) is 3.74. The summed E-state index contributed by atoms with van der Waals surface area (Å²) < 4.78 is 8.36. The zero-order valence-electron chi connectivity index (χ0n) is 15.6. The predicted octanol–water partition coefficient (Wildman–Crippen LogP) is 4.52. The van der Waals surface area contributed by atoms with Gasteiger partial charge in [0.1, 0.15) is 11.8 Å². The molecule has 0 amide bonds. The molecule has 3 rings (SSSR count). The maximum absolute atomic E-state index is 12.5. The minimum absolute atomic E-state index is 0.0277. The highest BCUT2D eigenvalue weighted by molar-refractivity contribution is 7.18. The number of carbonyl (C=O) groups excluding carboxylic acids is 1. The van der Waals surface area contributed by atoms with Crippen LogP contribution in [0.2, 0.25) is 0 Å². The highest BCUT2D eigenvalue weighted by Gasteiger charge is 2.44. The van der Waals surface area contributed by atoms with Crippen LogP contribution < -0.4 is 5.09 Å². The maximum Gasteiger partial charge on any atom is 0.159 e. The smallest absolute Gasteiger partial charge is 0.159 e. The van der Waals surface area contributed by atoms with E-state index in [4.69, 9.17) is 4.74 Å². The highest BCUT2D eigenvalue weighted by atomic mass is 31.0. The summed E-state index contributed by atoms with van der Waals surface area (Å²) in [4.78, 5) is 12.5. The molecule has 0 saturated carbocycles. The van der Waals surface area contributed by atoms with E-state index in [0.717, 1.165) is 16.8 Å². The van der Waals surface area contributed by atoms with Gasteiger partial charge in [0.2, 0.25) is 0 Å². The quantitative estimate of drug-likeness (QED) is 0.572. The molecule has 0 spiro atoms. The van der Waals surface area contributed by atoms with Crippen molar-refractivity contribution in [3.8, 4) is 0 Å². The molecule has 0 radical (unpaired) electrons. The second kappa shape index (κ2) is 8.63. The van der Waals surface area contributed by atoms with Gasteiger partial charge < -0.3 is 9.82 Å². The summed E-state index contributed by atoms with van der Waals surface area (Å²) in [6, 6.07) is 18.0. The third-order valence-electron chi connectivity index (χ3n) is 4.77. The zero-order chi connectivity index (χ0) is 19.4. The van der Waals surface area contributed by atoms with Crippen LogP contribution in [0.4, 0.5) is 5.69 Å². The highest BCUT2D eigenvalue weighted by Crippen LogP contribution is 2.43. The lowest BCUT2D eigenvalue weighted by Crippen LogP contribution is -2.35. The van der Waals surface area contributed by atoms with Gasteiger partial charge in [-0.3, -0.25) is 9.46 Å². The van der Waals surface area contributed by atoms with Crippen molar-refractivity contribution in [3.63, 3.8) is 0 Å². The van der Waals surface area contributed by atoms with Crippen LogP contribution in [-0.2, 0) is 16.0 Å². The Balaban J connectivity index is 1.73. The van der Waals surface area contributed by atoms with Gasteiger partial charge in [0.15, 0.2) is 5.78 Å². The van der Waals surface area contributed by atoms with E-state index in [1.165, 1.54) is 0 Å². The fourth-order valence-electron chi connectivity index (χ4n) is 3.23. The molecule has 6 heteroatoms. The molecule has 1 aliphatic heterocycles. The molecule has 142 valence electrons. The van der Waals surface area contributed by atoms with Crippen LogP contribution in [0.15, 0.2) is 66.7 Å². The molecular formula is C21H26N2O2P2. The summed E-state index contributed by atoms with van der Waals surface area (Å²) in [5.41, 5.74) is 2.68. The molecule has 4 nitrogen and oxygen atoms in total. The van der Waals surface area contributed by atoms with E-state index in [9.17, 15) is 4.79 Å². The topological polar surface area (TPSA) is 41.6 Å². The van der Waals surface area contributed by atoms with Crippen LogP contribution >= 0.6 is 18.8 Å². The largest absolute Gasteiger partial charge is 0.369 e. The third-order valence-corrected chi connectivity index (χ3v) is 6.07. The van der Waals surface area contributed by atoms with Gasteiger partial charge in [-0.1, -0.05) is 57.9 Å². The summed E-state index contributed by atoms with van der Waals surface area (Å²) in [6.07, 6.45) is 3.91. The Morgan fingerprint density at radius 2 is 1.85 bits per heavy atom. The van der Waals surface area contributed by atoms with Crippen LogP contribution in [0.1, 0.15) is 31.1 Å². The molecule has 2 aromatic carbocycles. The number of anilines is 1. The van der Waals surface area contributed by atoms with E-state index in [1.54, 1.807) is 6.08 Å². The third kappa shape index (κ3) is 4.83. The molecule has 27 heavy (non-hydrogen) atoms. The fraction of sp³-hybridized carbons (Fsp3) is 0.286. The molecule has 1 saturated heterocycles. The minimum atomic E-state index is -0.426. The van der Waals surface area contributed by atoms with Crippen LogP contribution in [0, 0.1) is 0 Å². The van der Waals surface area contributed by atoms with E-state index in [0.29, 0.717) is 6.42 Å². The summed E-state index contributed by atoms with van der Waals surface area (Å²) in [6.45, 7) is 4.07. The Bertz CT molecular complexity index is 807. The first-order chi connectivity index (χ1) is 12.9. The summed E-state index contributed by atoms with van der Waals surface area (Å²) in [5, 5.41) is 3.00. The molecule has 2 unspecified atom stereocenters. The molecule has 0 aliphatic carbocycles. The number of rotatable bonds is 6. The molecule has 1 N–H and O–H groups in total. The lowest BCUT2D eigenvalue weighted by Gasteiger charge is -2.27. The summed E-state index contributed by atoms with van der Waals surface area (Å²) in [5.74, 6) is 0.0801. The zero-order valence-corrected chi connectivity index (χ0v) is 17.9. The van der Waals surface area contributed by atoms with E-state index in [2.05, 4.69) is 40.7 Å². The number of hydrogen-bond acceptors (Lipinski definition) is 4. The van der Waals surface area contributed by atoms with Crippen LogP contribution in [0.25, 0.3) is 0 Å². The van der Waals surface area contributed by atoms with Gasteiger partial charge in [-0.2, -0.15) is 0 Å². The van der Waals surface area contributed by atoms with Crippen molar-refractivity contribution in [2.45, 2.75) is 38.1 Å². The summed E-state index contributed by atoms with van der Waals surface area (Å²) in [7, 11) is 5.21. The molecule has 4 atom stereocenters. The lowest BCUT2D eigenvalue weighted by atomic mass is 10.0. The first-order valence-electron chi connectivity index (χ1n) is 8.94. The van der Waals surface area contributed by atoms with Gasteiger partial charge in [0.25, 0.3) is 0 Å². The molecule has 1 heterocycles. The van der Waals surface area contributed by atoms with E-state index in [1.807, 2.05) is 62.4 Å². The van der Waals surface area contributed by atoms with Gasteiger partial charge in [0, 0.05) is 12.1 Å². The predicted molar refractivity (Wildman–Crippen MR) is 117 cm³/mol. The molecular weight excluding hydrogens is 374 g/mol. The van der Waals surface area contributed by atoms with E-state index in [-0.39, 0.29) is 17.9 Å². The lowest BCUT2D eigenvalue weighted by molar-refractivity contribution is -0.114. The SMILES string of the molecule is CC1(C)O[C@H](c2ccccc2)[C@@H](/C=C/C(=O)Cc2ccc(NP)cc2)N1P. The Labute approximate surface area is 165 Å². The molecule has 0 bridgehead atoms. The molecule has 0 aromatic heterocycles. The number of ether oxygens (including phenoxy) is 1. The van der Waals surface area contributed by atoms with Crippen molar-refractivity contribution in [2.24, 2.45) is 0 Å². The molecule has 2 aromatic rings. The van der Waals surface area contributed by atoms with Crippen molar-refractivity contribution < 1.29 is 9.53 Å². The monoisotopic (exact) mass is 400 g/mol. The van der Waals surface area contributed by atoms with Crippen molar-refractivity contribution in [2.75, 3.05) is 5.09 Å². The van der Waals surface area contributed by atoms with Crippen molar-refractivity contribution in [3.05, 3.63) is 77.9 Å². The van der Waals surface area contributed by atoms with E-state index < -0.39 is 5.72 Å². The van der Waals surface area contributed by atoms with Crippen LogP contribution in [0.5, 0.6) is 0 Å². The van der Waals surface area contributed by atoms with Gasteiger partial charge >= 0.3 is 0 Å². The normalized spacial score (nSPS) is 22.2. The number of nitrogens with zero attached hydrogens (tertiary/aromatic N) is 1. The number of benzene rings is 2. The first-order valence-corrected chi connectivity index (χ1v) is 10.0. The number of hydrogen-bond donors (Lipinski definition) is 1. The van der Waals surface area contributed by atoms with Crippen LogP contribution in [-0.4, -0.2) is 22.2 Å². The van der Waals surface area contributed by atoms with Gasteiger partial charge in [-0.25, -0.2) is 0 Å². The Kier molecular flexibility index (Phi) is 6.44. The molecule has 1 aliphatic rings. The minimum Gasteiger partial charge on any atom is -0.369 e. The van der Waals surface area contributed by atoms with Crippen molar-refractivity contribution in [1.29, 1.82) is 0 Å². The Hall–Kier alpha value is -1.57. The second-order valence-electron chi connectivity index (χ2n) is 7.14. The maximum atomic E-state index is 12.5. The number of carbonyl (C=O) groups is 1. The number of allylic oxidation sites excluding steroid dienone is 1. The number of ketones is 1. The standard InChI is InChI=1S/C21H26N2O2P2/c1-21(2)23(27)19(20(25-21)16-6-4-3-5-7-16)13-12-18(24)14-15-8-10-17(22-26)11-9-15/h3-13,19-20,22H,14,26-27H2,1-2H3/b13-12+/t19-,20-/m1/s1. The summed E-state index contributed by atoms with van der Waals surface area (Å²) >= 11 is 0.